The zero-order valence-electron chi connectivity index (χ0n) is 9.10. The van der Waals surface area contributed by atoms with Crippen molar-refractivity contribution in [1.82, 2.24) is 4.72 Å². The van der Waals surface area contributed by atoms with Crippen molar-refractivity contribution in [2.75, 3.05) is 0 Å². The molecule has 0 heterocycles. The lowest BCUT2D eigenvalue weighted by atomic mass is 10.1. The summed E-state index contributed by atoms with van der Waals surface area (Å²) in [6.45, 7) is 1.70. The normalized spacial score (nSPS) is 16.4. The molecule has 2 N–H and O–H groups in total. The highest BCUT2D eigenvalue weighted by molar-refractivity contribution is 7.89. The molecule has 0 atom stereocenters. The third-order valence-corrected chi connectivity index (χ3v) is 4.22. The smallest absolute Gasteiger partial charge is 0.240 e. The van der Waals surface area contributed by atoms with Crippen LogP contribution in [0.5, 0.6) is 0 Å². The van der Waals surface area contributed by atoms with E-state index in [0.717, 1.165) is 18.4 Å². The van der Waals surface area contributed by atoms with Gasteiger partial charge in [0, 0.05) is 6.04 Å². The molecule has 0 saturated heterocycles. The summed E-state index contributed by atoms with van der Waals surface area (Å²) in [7, 11) is -3.41. The Hall–Kier alpha value is -0.910. The Kier molecular flexibility index (Phi) is 3.01. The Morgan fingerprint density at radius 3 is 2.69 bits per heavy atom. The van der Waals surface area contributed by atoms with Crippen molar-refractivity contribution >= 4 is 10.0 Å². The van der Waals surface area contributed by atoms with Gasteiger partial charge in [0.05, 0.1) is 11.5 Å². The molecule has 4 nitrogen and oxygen atoms in total. The molecule has 5 heteroatoms. The van der Waals surface area contributed by atoms with Crippen LogP contribution >= 0.6 is 0 Å². The first kappa shape index (κ1) is 11.6. The van der Waals surface area contributed by atoms with Crippen LogP contribution in [-0.2, 0) is 16.6 Å². The standard InChI is InChI=1S/C11H15NO3S/c1-8-2-5-11(6-9(8)7-13)16(14,15)12-10-3-4-10/h2,5-6,10,12-13H,3-4,7H2,1H3. The van der Waals surface area contributed by atoms with E-state index in [-0.39, 0.29) is 17.5 Å². The number of aliphatic hydroxyl groups excluding tert-OH is 1. The molecule has 0 amide bonds. The summed E-state index contributed by atoms with van der Waals surface area (Å²) in [6, 6.07) is 4.91. The summed E-state index contributed by atoms with van der Waals surface area (Å²) in [5, 5.41) is 9.09. The SMILES string of the molecule is Cc1ccc(S(=O)(=O)NC2CC2)cc1CO. The van der Waals surface area contributed by atoms with E-state index in [2.05, 4.69) is 4.72 Å². The van der Waals surface area contributed by atoms with Crippen molar-refractivity contribution < 1.29 is 13.5 Å². The minimum atomic E-state index is -3.41. The highest BCUT2D eigenvalue weighted by Crippen LogP contribution is 2.23. The number of hydrogen-bond acceptors (Lipinski definition) is 3. The molecular formula is C11H15NO3S. The van der Waals surface area contributed by atoms with Gasteiger partial charge in [0.1, 0.15) is 0 Å². The predicted octanol–water partition coefficient (Wildman–Crippen LogP) is 0.928. The first-order chi connectivity index (χ1) is 7.53. The molecule has 1 aromatic carbocycles. The van der Waals surface area contributed by atoms with Gasteiger partial charge in [-0.1, -0.05) is 6.07 Å². The van der Waals surface area contributed by atoms with Crippen LogP contribution in [0.15, 0.2) is 23.1 Å². The number of sulfonamides is 1. The second kappa shape index (κ2) is 4.16. The van der Waals surface area contributed by atoms with Gasteiger partial charge in [-0.2, -0.15) is 0 Å². The van der Waals surface area contributed by atoms with E-state index in [1.165, 1.54) is 6.07 Å². The van der Waals surface area contributed by atoms with E-state index in [1.807, 2.05) is 6.92 Å². The van der Waals surface area contributed by atoms with E-state index >= 15 is 0 Å². The van der Waals surface area contributed by atoms with Gasteiger partial charge in [0.25, 0.3) is 0 Å². The average molecular weight is 241 g/mol. The van der Waals surface area contributed by atoms with E-state index in [0.29, 0.717) is 5.56 Å². The van der Waals surface area contributed by atoms with Crippen molar-refractivity contribution in [2.24, 2.45) is 0 Å². The number of rotatable bonds is 4. The molecule has 0 unspecified atom stereocenters. The average Bonchev–Trinajstić information content (AvgIpc) is 3.01. The zero-order valence-corrected chi connectivity index (χ0v) is 9.92. The second-order valence-electron chi connectivity index (χ2n) is 4.14. The molecule has 1 saturated carbocycles. The summed E-state index contributed by atoms with van der Waals surface area (Å²) >= 11 is 0. The Morgan fingerprint density at radius 1 is 1.44 bits per heavy atom. The maximum absolute atomic E-state index is 11.9. The van der Waals surface area contributed by atoms with Crippen molar-refractivity contribution in [3.63, 3.8) is 0 Å². The van der Waals surface area contributed by atoms with Gasteiger partial charge in [-0.25, -0.2) is 13.1 Å². The minimum Gasteiger partial charge on any atom is -0.392 e. The van der Waals surface area contributed by atoms with E-state index < -0.39 is 10.0 Å². The molecular weight excluding hydrogens is 226 g/mol. The Balaban J connectivity index is 2.31. The zero-order chi connectivity index (χ0) is 11.8. The molecule has 0 radical (unpaired) electrons. The molecule has 16 heavy (non-hydrogen) atoms. The number of nitrogens with one attached hydrogen (secondary N) is 1. The van der Waals surface area contributed by atoms with Crippen LogP contribution in [0.2, 0.25) is 0 Å². The maximum Gasteiger partial charge on any atom is 0.240 e. The fraction of sp³-hybridized carbons (Fsp3) is 0.455. The van der Waals surface area contributed by atoms with Crippen LogP contribution in [0.3, 0.4) is 0 Å². The third-order valence-electron chi connectivity index (χ3n) is 2.70. The fourth-order valence-electron chi connectivity index (χ4n) is 1.47. The summed E-state index contributed by atoms with van der Waals surface area (Å²) in [6.07, 6.45) is 1.83. The van der Waals surface area contributed by atoms with Gasteiger partial charge >= 0.3 is 0 Å². The lowest BCUT2D eigenvalue weighted by Gasteiger charge is -2.08. The lowest BCUT2D eigenvalue weighted by molar-refractivity contribution is 0.280. The van der Waals surface area contributed by atoms with Crippen LogP contribution in [0.1, 0.15) is 24.0 Å². The number of hydrogen-bond donors (Lipinski definition) is 2. The fourth-order valence-corrected chi connectivity index (χ4v) is 2.83. The van der Waals surface area contributed by atoms with Crippen LogP contribution < -0.4 is 4.72 Å². The quantitative estimate of drug-likeness (QED) is 0.824. The van der Waals surface area contributed by atoms with Gasteiger partial charge in [-0.15, -0.1) is 0 Å². The van der Waals surface area contributed by atoms with E-state index in [4.69, 9.17) is 5.11 Å². The highest BCUT2D eigenvalue weighted by Gasteiger charge is 2.28. The summed E-state index contributed by atoms with van der Waals surface area (Å²) < 4.78 is 26.3. The number of aryl methyl sites for hydroxylation is 1. The van der Waals surface area contributed by atoms with E-state index in [1.54, 1.807) is 12.1 Å². The highest BCUT2D eigenvalue weighted by atomic mass is 32.2. The van der Waals surface area contributed by atoms with Crippen molar-refractivity contribution in [1.29, 1.82) is 0 Å². The minimum absolute atomic E-state index is 0.101. The van der Waals surface area contributed by atoms with Gasteiger partial charge in [-0.3, -0.25) is 0 Å². The second-order valence-corrected chi connectivity index (χ2v) is 5.86. The molecule has 1 aliphatic carbocycles. The summed E-state index contributed by atoms with van der Waals surface area (Å²) in [4.78, 5) is 0.231. The van der Waals surface area contributed by atoms with Crippen molar-refractivity contribution in [3.8, 4) is 0 Å². The molecule has 1 aromatic rings. The Morgan fingerprint density at radius 2 is 2.12 bits per heavy atom. The largest absolute Gasteiger partial charge is 0.392 e. The van der Waals surface area contributed by atoms with Gasteiger partial charge in [0.15, 0.2) is 0 Å². The van der Waals surface area contributed by atoms with Crippen molar-refractivity contribution in [2.45, 2.75) is 37.3 Å². The molecule has 0 aromatic heterocycles. The first-order valence-electron chi connectivity index (χ1n) is 5.25. The van der Waals surface area contributed by atoms with Crippen LogP contribution in [-0.4, -0.2) is 19.6 Å². The molecule has 1 aliphatic rings. The predicted molar refractivity (Wildman–Crippen MR) is 60.4 cm³/mol. The molecule has 2 rings (SSSR count). The Labute approximate surface area is 95.4 Å². The van der Waals surface area contributed by atoms with Crippen LogP contribution in [0, 0.1) is 6.92 Å². The number of benzene rings is 1. The van der Waals surface area contributed by atoms with Crippen LogP contribution in [0.4, 0.5) is 0 Å². The van der Waals surface area contributed by atoms with Gasteiger partial charge in [0.2, 0.25) is 10.0 Å². The topological polar surface area (TPSA) is 66.4 Å². The van der Waals surface area contributed by atoms with Gasteiger partial charge in [-0.05, 0) is 43.0 Å². The molecule has 0 spiro atoms. The number of aliphatic hydroxyl groups is 1. The first-order valence-corrected chi connectivity index (χ1v) is 6.74. The monoisotopic (exact) mass is 241 g/mol. The summed E-state index contributed by atoms with van der Waals surface area (Å²) in [5.41, 5.74) is 1.55. The van der Waals surface area contributed by atoms with Crippen LogP contribution in [0.25, 0.3) is 0 Å². The molecule has 88 valence electrons. The Bertz CT molecular complexity index is 492. The maximum atomic E-state index is 11.9. The molecule has 1 fully saturated rings. The molecule has 0 bridgehead atoms. The van der Waals surface area contributed by atoms with Crippen molar-refractivity contribution in [3.05, 3.63) is 29.3 Å². The lowest BCUT2D eigenvalue weighted by Crippen LogP contribution is -2.25. The van der Waals surface area contributed by atoms with Gasteiger partial charge < -0.3 is 5.11 Å². The molecule has 0 aliphatic heterocycles. The van der Waals surface area contributed by atoms with E-state index in [9.17, 15) is 8.42 Å². The summed E-state index contributed by atoms with van der Waals surface area (Å²) in [5.74, 6) is 0. The third kappa shape index (κ3) is 2.42.